The number of hydrogen-bond acceptors (Lipinski definition) is 0. The fourth-order valence-corrected chi connectivity index (χ4v) is 12.2. The average Bonchev–Trinajstić information content (AvgIpc) is 2.95. The molecule has 0 nitrogen and oxygen atoms in total. The molecule has 9 unspecified atom stereocenters. The van der Waals surface area contributed by atoms with Gasteiger partial charge in [-0.05, 0) is 172 Å². The summed E-state index contributed by atoms with van der Waals surface area (Å²) in [5, 5.41) is 0. The third kappa shape index (κ3) is 5.68. The van der Waals surface area contributed by atoms with Crippen molar-refractivity contribution in [3.05, 3.63) is 22.8 Å². The first kappa shape index (κ1) is 32.9. The predicted octanol–water partition coefficient (Wildman–Crippen LogP) is 12.8. The molecule has 240 valence electrons. The summed E-state index contributed by atoms with van der Waals surface area (Å²) >= 11 is 0. The minimum atomic E-state index is 0.467. The molecule has 0 aromatic heterocycles. The zero-order chi connectivity index (χ0) is 30.7. The van der Waals surface area contributed by atoms with Crippen LogP contribution in [0.4, 0.5) is 0 Å². The second kappa shape index (κ2) is 12.3. The molecule has 5 rings (SSSR count). The Labute approximate surface area is 263 Å². The lowest BCUT2D eigenvalue weighted by atomic mass is 9.44. The smallest absolute Gasteiger partial charge is 0.00590 e. The Balaban J connectivity index is 1.54. The minimum Gasteiger partial charge on any atom is -0.0816 e. The van der Waals surface area contributed by atoms with Crippen LogP contribution in [0.2, 0.25) is 0 Å². The SMILES string of the molecule is CC1=C(C)C(C)CC(C2(C3CC(C)C(C)C(C)C3)CCC(C3=CC(C)C(C)C(C)C3)(C3CC(C)C(C)C(C)C3)CC2)C1. The van der Waals surface area contributed by atoms with E-state index in [9.17, 15) is 0 Å². The van der Waals surface area contributed by atoms with Crippen molar-refractivity contribution in [3.63, 3.8) is 0 Å². The number of hydrogen-bond donors (Lipinski definition) is 0. The van der Waals surface area contributed by atoms with Crippen molar-refractivity contribution < 1.29 is 0 Å². The second-order valence-electron chi connectivity index (χ2n) is 18.4. The number of rotatable bonds is 4. The van der Waals surface area contributed by atoms with E-state index in [0.717, 1.165) is 76.9 Å². The van der Waals surface area contributed by atoms with Crippen LogP contribution in [0.5, 0.6) is 0 Å². The van der Waals surface area contributed by atoms with Gasteiger partial charge in [-0.2, -0.15) is 0 Å². The van der Waals surface area contributed by atoms with Gasteiger partial charge in [-0.25, -0.2) is 0 Å². The molecule has 0 aromatic carbocycles. The molecule has 3 fully saturated rings. The van der Waals surface area contributed by atoms with Crippen molar-refractivity contribution in [2.24, 2.45) is 87.8 Å². The lowest BCUT2D eigenvalue weighted by Gasteiger charge is -2.61. The van der Waals surface area contributed by atoms with Gasteiger partial charge >= 0.3 is 0 Å². The van der Waals surface area contributed by atoms with Gasteiger partial charge in [0.2, 0.25) is 0 Å². The van der Waals surface area contributed by atoms with Crippen LogP contribution in [0.15, 0.2) is 22.8 Å². The molecule has 0 heterocycles. The summed E-state index contributed by atoms with van der Waals surface area (Å²) in [6.07, 6.45) is 19.0. The van der Waals surface area contributed by atoms with E-state index < -0.39 is 0 Å². The molecular weight excluding hydrogens is 504 g/mol. The minimum absolute atomic E-state index is 0.467. The molecule has 0 radical (unpaired) electrons. The van der Waals surface area contributed by atoms with Crippen molar-refractivity contribution in [3.8, 4) is 0 Å². The zero-order valence-corrected chi connectivity index (χ0v) is 30.4. The van der Waals surface area contributed by atoms with Gasteiger partial charge in [0.1, 0.15) is 0 Å². The van der Waals surface area contributed by atoms with Crippen molar-refractivity contribution in [1.29, 1.82) is 0 Å². The maximum atomic E-state index is 2.86. The monoisotopic (exact) mass is 577 g/mol. The third-order valence-electron chi connectivity index (χ3n) is 16.7. The van der Waals surface area contributed by atoms with E-state index in [1.807, 2.05) is 5.57 Å². The molecule has 0 saturated heterocycles. The van der Waals surface area contributed by atoms with Crippen LogP contribution in [0, 0.1) is 87.8 Å². The van der Waals surface area contributed by atoms with Gasteiger partial charge in [0, 0.05) is 0 Å². The molecule has 0 N–H and O–H groups in total. The van der Waals surface area contributed by atoms with Crippen LogP contribution in [0.25, 0.3) is 0 Å². The van der Waals surface area contributed by atoms with E-state index in [2.05, 4.69) is 89.2 Å². The van der Waals surface area contributed by atoms with Gasteiger partial charge in [-0.15, -0.1) is 0 Å². The van der Waals surface area contributed by atoms with Gasteiger partial charge in [-0.3, -0.25) is 0 Å². The molecule has 0 bridgehead atoms. The van der Waals surface area contributed by atoms with Crippen molar-refractivity contribution in [1.82, 2.24) is 0 Å². The Morgan fingerprint density at radius 3 is 1.50 bits per heavy atom. The topological polar surface area (TPSA) is 0 Å². The summed E-state index contributed by atoms with van der Waals surface area (Å²) in [5.41, 5.74) is 6.43. The highest BCUT2D eigenvalue weighted by Gasteiger charge is 2.56. The fraction of sp³-hybridized carbons (Fsp3) is 0.905. The summed E-state index contributed by atoms with van der Waals surface area (Å²) in [6, 6.07) is 0. The van der Waals surface area contributed by atoms with Crippen molar-refractivity contribution in [2.45, 2.75) is 154 Å². The number of allylic oxidation sites excluding steroid dienone is 4. The van der Waals surface area contributed by atoms with Gasteiger partial charge in [0.25, 0.3) is 0 Å². The first-order valence-electron chi connectivity index (χ1n) is 19.1. The Bertz CT molecular complexity index is 977. The average molecular weight is 577 g/mol. The highest BCUT2D eigenvalue weighted by molar-refractivity contribution is 5.25. The molecule has 42 heavy (non-hydrogen) atoms. The van der Waals surface area contributed by atoms with Crippen LogP contribution in [-0.2, 0) is 0 Å². The Morgan fingerprint density at radius 1 is 0.524 bits per heavy atom. The molecule has 0 amide bonds. The standard InChI is InChI=1S/C42H72/c1-25-17-37(18-26(2)33(25)9)41(38-19-27(3)34(10)28(4)20-38)13-15-42(16-14-41,39-21-29(5)35(11)30(6)22-39)40-23-31(7)36(12)32(8)24-40/h17,25-31,33-35,38-40H,13-16,18-24H2,1-12H3. The van der Waals surface area contributed by atoms with Crippen LogP contribution in [-0.4, -0.2) is 0 Å². The summed E-state index contributed by atoms with van der Waals surface area (Å²) in [6.45, 7) is 30.7. The lowest BCUT2D eigenvalue weighted by molar-refractivity contribution is -0.0810. The second-order valence-corrected chi connectivity index (χ2v) is 18.4. The van der Waals surface area contributed by atoms with Crippen LogP contribution in [0.1, 0.15) is 154 Å². The normalized spacial score (nSPS) is 52.7. The highest BCUT2D eigenvalue weighted by atomic mass is 14.6. The molecule has 0 spiro atoms. The van der Waals surface area contributed by atoms with E-state index in [0.29, 0.717) is 10.8 Å². The van der Waals surface area contributed by atoms with Crippen LogP contribution < -0.4 is 0 Å². The van der Waals surface area contributed by atoms with E-state index >= 15 is 0 Å². The molecule has 5 aliphatic rings. The molecule has 5 aliphatic carbocycles. The third-order valence-corrected chi connectivity index (χ3v) is 16.7. The molecule has 0 aromatic rings. The fourth-order valence-electron chi connectivity index (χ4n) is 12.2. The summed E-state index contributed by atoms with van der Waals surface area (Å²) in [5.74, 6) is 11.2. The highest BCUT2D eigenvalue weighted by Crippen LogP contribution is 2.66. The van der Waals surface area contributed by atoms with E-state index in [1.54, 1.807) is 11.1 Å². The Hall–Kier alpha value is -0.520. The summed E-state index contributed by atoms with van der Waals surface area (Å²) in [4.78, 5) is 0. The first-order chi connectivity index (χ1) is 19.7. The molecule has 3 saturated carbocycles. The van der Waals surface area contributed by atoms with Crippen LogP contribution >= 0.6 is 0 Å². The largest absolute Gasteiger partial charge is 0.0816 e. The Kier molecular flexibility index (Phi) is 9.66. The van der Waals surface area contributed by atoms with Crippen LogP contribution in [0.3, 0.4) is 0 Å². The maximum Gasteiger partial charge on any atom is -0.00590 e. The van der Waals surface area contributed by atoms with E-state index in [-0.39, 0.29) is 0 Å². The van der Waals surface area contributed by atoms with E-state index in [1.165, 1.54) is 70.6 Å². The van der Waals surface area contributed by atoms with Crippen molar-refractivity contribution >= 4 is 0 Å². The maximum absolute atomic E-state index is 2.86. The lowest BCUT2D eigenvalue weighted by Crippen LogP contribution is -2.51. The van der Waals surface area contributed by atoms with Crippen molar-refractivity contribution in [2.75, 3.05) is 0 Å². The van der Waals surface area contributed by atoms with Gasteiger partial charge in [0.15, 0.2) is 0 Å². The van der Waals surface area contributed by atoms with E-state index in [4.69, 9.17) is 0 Å². The summed E-state index contributed by atoms with van der Waals surface area (Å²) in [7, 11) is 0. The predicted molar refractivity (Wildman–Crippen MR) is 184 cm³/mol. The molecule has 9 atom stereocenters. The molecular formula is C42H72. The molecule has 0 aliphatic heterocycles. The zero-order valence-electron chi connectivity index (χ0n) is 30.4. The van der Waals surface area contributed by atoms with Gasteiger partial charge < -0.3 is 0 Å². The quantitative estimate of drug-likeness (QED) is 0.292. The van der Waals surface area contributed by atoms with Gasteiger partial charge in [0.05, 0.1) is 0 Å². The Morgan fingerprint density at radius 2 is 1.02 bits per heavy atom. The summed E-state index contributed by atoms with van der Waals surface area (Å²) < 4.78 is 0. The first-order valence-corrected chi connectivity index (χ1v) is 19.1. The van der Waals surface area contributed by atoms with Gasteiger partial charge in [-0.1, -0.05) is 92.0 Å². The molecule has 0 heteroatoms.